The van der Waals surface area contributed by atoms with E-state index in [1.165, 1.54) is 0 Å². The van der Waals surface area contributed by atoms with Gasteiger partial charge < -0.3 is 5.32 Å². The number of benzene rings is 1. The zero-order valence-electron chi connectivity index (χ0n) is 11.8. The summed E-state index contributed by atoms with van der Waals surface area (Å²) in [6.45, 7) is 2.01. The van der Waals surface area contributed by atoms with Crippen LogP contribution < -0.4 is 5.32 Å². The topological polar surface area (TPSA) is 72.2 Å². The molecule has 1 amide bonds. The molecule has 0 fully saturated rings. The molecule has 0 unspecified atom stereocenters. The lowest BCUT2D eigenvalue weighted by atomic mass is 10.1. The smallest absolute Gasteiger partial charge is 0.320 e. The molecule has 23 heavy (non-hydrogen) atoms. The van der Waals surface area contributed by atoms with E-state index >= 15 is 0 Å². The second-order valence-corrected chi connectivity index (χ2v) is 5.58. The number of rotatable bonds is 3. The summed E-state index contributed by atoms with van der Waals surface area (Å²) in [5, 5.41) is 12.5. The highest BCUT2D eigenvalue weighted by molar-refractivity contribution is 7.18. The van der Waals surface area contributed by atoms with Crippen molar-refractivity contribution in [1.29, 1.82) is 0 Å². The van der Waals surface area contributed by atoms with Crippen molar-refractivity contribution >= 4 is 27.9 Å². The molecule has 10 heteroatoms. The fourth-order valence-electron chi connectivity index (χ4n) is 1.89. The van der Waals surface area contributed by atoms with E-state index in [0.717, 1.165) is 23.3 Å². The van der Waals surface area contributed by atoms with Crippen LogP contribution in [-0.4, -0.2) is 25.7 Å². The Hall–Kier alpha value is -2.49. The summed E-state index contributed by atoms with van der Waals surface area (Å²) < 4.78 is 38.7. The number of carbonyl (C=O) groups excluding carboxylic acids is 1. The van der Waals surface area contributed by atoms with Gasteiger partial charge in [0.1, 0.15) is 0 Å². The zero-order valence-corrected chi connectivity index (χ0v) is 12.6. The van der Waals surface area contributed by atoms with Gasteiger partial charge in [-0.2, -0.15) is 17.7 Å². The van der Waals surface area contributed by atoms with E-state index in [1.807, 2.05) is 19.1 Å². The zero-order chi connectivity index (χ0) is 16.6. The maximum absolute atomic E-state index is 12.7. The van der Waals surface area contributed by atoms with Gasteiger partial charge in [0.05, 0.1) is 0 Å². The molecule has 2 aromatic heterocycles. The van der Waals surface area contributed by atoms with E-state index in [9.17, 15) is 18.0 Å². The van der Waals surface area contributed by atoms with Gasteiger partial charge in [0.2, 0.25) is 9.97 Å². The van der Waals surface area contributed by atoms with Crippen LogP contribution in [0.1, 0.15) is 28.1 Å². The highest BCUT2D eigenvalue weighted by Gasteiger charge is 2.38. The summed E-state index contributed by atoms with van der Waals surface area (Å²) in [6.07, 6.45) is -3.82. The van der Waals surface area contributed by atoms with Crippen molar-refractivity contribution in [1.82, 2.24) is 19.8 Å². The van der Waals surface area contributed by atoms with Crippen molar-refractivity contribution in [2.75, 3.05) is 5.32 Å². The molecule has 2 heterocycles. The van der Waals surface area contributed by atoms with Crippen LogP contribution >= 0.6 is 11.3 Å². The third kappa shape index (κ3) is 3.02. The number of hydrogen-bond acceptors (Lipinski definition) is 5. The number of hydrogen-bond donors (Lipinski definition) is 1. The quantitative estimate of drug-likeness (QED) is 0.795. The Morgan fingerprint density at radius 3 is 2.57 bits per heavy atom. The maximum atomic E-state index is 12.7. The average molecular weight is 341 g/mol. The first kappa shape index (κ1) is 15.4. The summed E-state index contributed by atoms with van der Waals surface area (Å²) in [7, 11) is 0. The van der Waals surface area contributed by atoms with Crippen LogP contribution in [0.2, 0.25) is 0 Å². The Labute approximate surface area is 132 Å². The third-order valence-corrected chi connectivity index (χ3v) is 3.96. The fourth-order valence-corrected chi connectivity index (χ4v) is 2.63. The van der Waals surface area contributed by atoms with Crippen molar-refractivity contribution in [2.24, 2.45) is 0 Å². The summed E-state index contributed by atoms with van der Waals surface area (Å²) in [5.41, 5.74) is 1.64. The normalized spacial score (nSPS) is 11.8. The number of carbonyl (C=O) groups is 1. The van der Waals surface area contributed by atoms with E-state index < -0.39 is 17.9 Å². The first-order valence-electron chi connectivity index (χ1n) is 6.58. The Balaban J connectivity index is 1.84. The molecule has 3 rings (SSSR count). The Bertz CT molecular complexity index is 853. The van der Waals surface area contributed by atoms with Crippen LogP contribution in [0.4, 0.5) is 18.9 Å². The molecule has 0 aliphatic carbocycles. The predicted molar refractivity (Wildman–Crippen MR) is 77.4 cm³/mol. The van der Waals surface area contributed by atoms with Gasteiger partial charge in [-0.15, -0.1) is 15.3 Å². The van der Waals surface area contributed by atoms with Crippen LogP contribution in [0.5, 0.6) is 0 Å². The molecule has 0 saturated carbocycles. The summed E-state index contributed by atoms with van der Waals surface area (Å²) in [6, 6.07) is 7.15. The minimum atomic E-state index is -4.68. The maximum Gasteiger partial charge on any atom is 0.453 e. The standard InChI is InChI=1S/C13H10F3N5OS/c1-2-7-3-5-8(6-4-7)17-9(22)10-20-21-11(13(14,15)16)18-19-12(21)23-10/h3-6H,2H2,1H3,(H,17,22). The van der Waals surface area contributed by atoms with Gasteiger partial charge in [0.25, 0.3) is 11.7 Å². The molecule has 120 valence electrons. The number of aryl methyl sites for hydroxylation is 1. The highest BCUT2D eigenvalue weighted by Crippen LogP contribution is 2.29. The van der Waals surface area contributed by atoms with Crippen molar-refractivity contribution < 1.29 is 18.0 Å². The van der Waals surface area contributed by atoms with Gasteiger partial charge in [0.15, 0.2) is 0 Å². The van der Waals surface area contributed by atoms with Crippen molar-refractivity contribution in [3.8, 4) is 0 Å². The lowest BCUT2D eigenvalue weighted by molar-refractivity contribution is -0.146. The molecule has 1 N–H and O–H groups in total. The van der Waals surface area contributed by atoms with Crippen molar-refractivity contribution in [3.63, 3.8) is 0 Å². The number of fused-ring (bicyclic) bond motifs is 1. The van der Waals surface area contributed by atoms with Gasteiger partial charge in [-0.25, -0.2) is 0 Å². The molecule has 6 nitrogen and oxygen atoms in total. The van der Waals surface area contributed by atoms with E-state index in [0.29, 0.717) is 10.2 Å². The fraction of sp³-hybridized carbons (Fsp3) is 0.231. The van der Waals surface area contributed by atoms with Crippen LogP contribution in [0.25, 0.3) is 4.96 Å². The Kier molecular flexibility index (Phi) is 3.76. The number of nitrogens with zero attached hydrogens (tertiary/aromatic N) is 4. The number of nitrogens with one attached hydrogen (secondary N) is 1. The van der Waals surface area contributed by atoms with Crippen LogP contribution in [0, 0.1) is 0 Å². The molecule has 0 bridgehead atoms. The molecule has 0 saturated heterocycles. The van der Waals surface area contributed by atoms with Gasteiger partial charge in [-0.3, -0.25) is 4.79 Å². The van der Waals surface area contributed by atoms with Gasteiger partial charge >= 0.3 is 6.18 Å². The molecule has 0 atom stereocenters. The Morgan fingerprint density at radius 1 is 1.26 bits per heavy atom. The van der Waals surface area contributed by atoms with Gasteiger partial charge in [-0.05, 0) is 24.1 Å². The molecule has 0 aliphatic heterocycles. The number of anilines is 1. The molecular formula is C13H10F3N5OS. The highest BCUT2D eigenvalue weighted by atomic mass is 32.1. The van der Waals surface area contributed by atoms with E-state index in [-0.39, 0.29) is 9.97 Å². The SMILES string of the molecule is CCc1ccc(NC(=O)c2nn3c(C(F)(F)F)nnc3s2)cc1. The molecule has 3 aromatic rings. The molecule has 1 aromatic carbocycles. The lowest BCUT2D eigenvalue weighted by Gasteiger charge is -2.03. The lowest BCUT2D eigenvalue weighted by Crippen LogP contribution is -2.14. The molecule has 0 aliphatic rings. The van der Waals surface area contributed by atoms with E-state index in [2.05, 4.69) is 20.6 Å². The number of halogens is 3. The minimum absolute atomic E-state index is 0.0937. The number of amides is 1. The monoisotopic (exact) mass is 341 g/mol. The first-order chi connectivity index (χ1) is 10.9. The minimum Gasteiger partial charge on any atom is -0.320 e. The largest absolute Gasteiger partial charge is 0.453 e. The molecule has 0 spiro atoms. The third-order valence-electron chi connectivity index (χ3n) is 3.06. The second kappa shape index (κ2) is 5.61. The Morgan fingerprint density at radius 2 is 1.96 bits per heavy atom. The summed E-state index contributed by atoms with van der Waals surface area (Å²) in [5.74, 6) is -1.85. The first-order valence-corrected chi connectivity index (χ1v) is 7.40. The van der Waals surface area contributed by atoms with Gasteiger partial charge in [0, 0.05) is 5.69 Å². The van der Waals surface area contributed by atoms with Crippen molar-refractivity contribution in [3.05, 3.63) is 40.7 Å². The molecule has 0 radical (unpaired) electrons. The average Bonchev–Trinajstić information content (AvgIpc) is 3.06. The van der Waals surface area contributed by atoms with Gasteiger partial charge in [-0.1, -0.05) is 30.4 Å². The van der Waals surface area contributed by atoms with Crippen LogP contribution in [0.3, 0.4) is 0 Å². The second-order valence-electron chi connectivity index (χ2n) is 4.63. The number of alkyl halides is 3. The summed E-state index contributed by atoms with van der Waals surface area (Å²) in [4.78, 5) is 12.0. The van der Waals surface area contributed by atoms with E-state index in [1.54, 1.807) is 12.1 Å². The molecular weight excluding hydrogens is 331 g/mol. The van der Waals surface area contributed by atoms with Crippen molar-refractivity contribution in [2.45, 2.75) is 19.5 Å². The van der Waals surface area contributed by atoms with Crippen LogP contribution in [-0.2, 0) is 12.6 Å². The predicted octanol–water partition coefficient (Wildman–Crippen LogP) is 3.02. The summed E-state index contributed by atoms with van der Waals surface area (Å²) >= 11 is 0.735. The van der Waals surface area contributed by atoms with Crippen LogP contribution in [0.15, 0.2) is 24.3 Å². The number of aromatic nitrogens is 4. The van der Waals surface area contributed by atoms with E-state index in [4.69, 9.17) is 0 Å².